The van der Waals surface area contributed by atoms with Crippen LogP contribution < -0.4 is 11.1 Å². The topological polar surface area (TPSA) is 64.3 Å². The number of carbonyl (C=O) groups excluding carboxylic acids is 1. The third kappa shape index (κ3) is 4.93. The Balaban J connectivity index is 2.59. The van der Waals surface area contributed by atoms with E-state index < -0.39 is 8.32 Å². The summed E-state index contributed by atoms with van der Waals surface area (Å²) < 4.78 is 6.14. The quantitative estimate of drug-likeness (QED) is 0.450. The lowest BCUT2D eigenvalue weighted by Crippen LogP contribution is -2.40. The molecule has 0 spiro atoms. The molecule has 1 saturated heterocycles. The van der Waals surface area contributed by atoms with Crippen molar-refractivity contribution in [3.63, 3.8) is 0 Å². The second-order valence-corrected chi connectivity index (χ2v) is 12.4. The largest absolute Gasteiger partial charge is 0.417 e. The average molecular weight is 313 g/mol. The minimum Gasteiger partial charge on any atom is -0.417 e. The van der Waals surface area contributed by atoms with Crippen LogP contribution >= 0.6 is 0 Å². The molecule has 5 heteroatoms. The monoisotopic (exact) mass is 312 g/mol. The van der Waals surface area contributed by atoms with Crippen LogP contribution in [0.5, 0.6) is 0 Å². The maximum atomic E-state index is 11.7. The molecule has 1 heterocycles. The van der Waals surface area contributed by atoms with Crippen LogP contribution in [0.25, 0.3) is 0 Å². The molecule has 0 saturated carbocycles. The van der Waals surface area contributed by atoms with Gasteiger partial charge in [0.05, 0.1) is 0 Å². The molecule has 1 fully saturated rings. The Labute approximate surface area is 130 Å². The van der Waals surface area contributed by atoms with Crippen LogP contribution in [0.2, 0.25) is 18.1 Å². The van der Waals surface area contributed by atoms with Crippen LogP contribution in [0.1, 0.15) is 40.5 Å². The predicted molar refractivity (Wildman–Crippen MR) is 90.6 cm³/mol. The molecule has 1 amide bonds. The number of hydrogen-bond acceptors (Lipinski definition) is 3. The Morgan fingerprint density at radius 1 is 1.43 bits per heavy atom. The zero-order valence-corrected chi connectivity index (χ0v) is 15.5. The molecular weight excluding hydrogens is 280 g/mol. The average Bonchev–Trinajstić information content (AvgIpc) is 2.73. The van der Waals surface area contributed by atoms with Crippen LogP contribution in [0, 0.1) is 5.92 Å². The molecular formula is C16H32N2O2Si. The molecule has 0 aliphatic carbocycles. The molecule has 1 aliphatic rings. The van der Waals surface area contributed by atoms with Crippen LogP contribution in [0.15, 0.2) is 11.6 Å². The summed E-state index contributed by atoms with van der Waals surface area (Å²) in [7, 11) is -1.71. The number of nitrogens with one attached hydrogen (secondary N) is 1. The van der Waals surface area contributed by atoms with Crippen molar-refractivity contribution in [2.75, 3.05) is 13.2 Å². The van der Waals surface area contributed by atoms with Gasteiger partial charge in [0.1, 0.15) is 0 Å². The third-order valence-corrected chi connectivity index (χ3v) is 9.50. The molecule has 1 aliphatic heterocycles. The van der Waals surface area contributed by atoms with Crippen LogP contribution in [-0.2, 0) is 9.22 Å². The van der Waals surface area contributed by atoms with E-state index in [1.807, 2.05) is 6.08 Å². The second kappa shape index (κ2) is 7.07. The predicted octanol–water partition coefficient (Wildman–Crippen LogP) is 2.81. The van der Waals surface area contributed by atoms with Crippen molar-refractivity contribution in [2.24, 2.45) is 11.7 Å². The highest BCUT2D eigenvalue weighted by Crippen LogP contribution is 2.36. The van der Waals surface area contributed by atoms with Gasteiger partial charge in [-0.15, -0.1) is 0 Å². The molecule has 1 unspecified atom stereocenters. The summed E-state index contributed by atoms with van der Waals surface area (Å²) in [5, 5.41) is 3.58. The highest BCUT2D eigenvalue weighted by Gasteiger charge is 2.36. The van der Waals surface area contributed by atoms with E-state index >= 15 is 0 Å². The first-order valence-electron chi connectivity index (χ1n) is 7.93. The second-order valence-electron chi connectivity index (χ2n) is 7.56. The lowest BCUT2D eigenvalue weighted by atomic mass is 9.91. The summed E-state index contributed by atoms with van der Waals surface area (Å²) in [5.74, 6) is -0.0433. The van der Waals surface area contributed by atoms with Crippen molar-refractivity contribution in [3.05, 3.63) is 11.6 Å². The Morgan fingerprint density at radius 2 is 2.05 bits per heavy atom. The molecule has 2 atom stereocenters. The summed E-state index contributed by atoms with van der Waals surface area (Å²) >= 11 is 0. The van der Waals surface area contributed by atoms with Gasteiger partial charge >= 0.3 is 0 Å². The molecule has 21 heavy (non-hydrogen) atoms. The lowest BCUT2D eigenvalue weighted by molar-refractivity contribution is -0.115. The minimum atomic E-state index is -1.71. The minimum absolute atomic E-state index is 0.215. The summed E-state index contributed by atoms with van der Waals surface area (Å²) in [4.78, 5) is 11.7. The van der Waals surface area contributed by atoms with Crippen molar-refractivity contribution >= 4 is 14.2 Å². The van der Waals surface area contributed by atoms with Gasteiger partial charge in [0, 0.05) is 24.1 Å². The van der Waals surface area contributed by atoms with Gasteiger partial charge in [0.25, 0.3) is 0 Å². The van der Waals surface area contributed by atoms with E-state index in [9.17, 15) is 4.79 Å². The van der Waals surface area contributed by atoms with Crippen LogP contribution in [0.4, 0.5) is 0 Å². The number of rotatable bonds is 6. The summed E-state index contributed by atoms with van der Waals surface area (Å²) in [6, 6.07) is 0.324. The first-order chi connectivity index (χ1) is 9.56. The van der Waals surface area contributed by atoms with E-state index in [4.69, 9.17) is 10.2 Å². The van der Waals surface area contributed by atoms with Gasteiger partial charge < -0.3 is 15.5 Å². The van der Waals surface area contributed by atoms with E-state index in [-0.39, 0.29) is 16.9 Å². The normalized spacial score (nSPS) is 24.4. The number of primary amides is 1. The van der Waals surface area contributed by atoms with Crippen molar-refractivity contribution in [3.8, 4) is 0 Å². The van der Waals surface area contributed by atoms with Gasteiger partial charge in [0.15, 0.2) is 8.32 Å². The van der Waals surface area contributed by atoms with E-state index in [0.29, 0.717) is 12.6 Å². The molecule has 3 N–H and O–H groups in total. The maximum absolute atomic E-state index is 11.7. The number of amides is 1. The number of nitrogens with two attached hydrogens (primary N) is 1. The molecule has 0 radical (unpaired) electrons. The fourth-order valence-electron chi connectivity index (χ4n) is 2.46. The van der Waals surface area contributed by atoms with Crippen molar-refractivity contribution in [1.82, 2.24) is 5.32 Å². The van der Waals surface area contributed by atoms with Crippen molar-refractivity contribution in [2.45, 2.75) is 64.7 Å². The highest BCUT2D eigenvalue weighted by molar-refractivity contribution is 6.74. The summed E-state index contributed by atoms with van der Waals surface area (Å²) in [6.07, 6.45) is 3.73. The standard InChI is InChI=1S/C16H32N2O2Si/c1-12-13(9-10-18-12)14(15(17)19)8-7-11-20-21(5,6)16(2,3)4/h8,12-13,18H,7,9-11H2,1-6H3,(H2,17,19)/b14-8-/t12?,13-/m1/s1. The molecule has 0 bridgehead atoms. The van der Waals surface area contributed by atoms with Crippen LogP contribution in [-0.4, -0.2) is 33.4 Å². The summed E-state index contributed by atoms with van der Waals surface area (Å²) in [6.45, 7) is 14.9. The fourth-order valence-corrected chi connectivity index (χ4v) is 3.52. The molecule has 1 rings (SSSR count). The zero-order valence-electron chi connectivity index (χ0n) is 14.5. The number of hydrogen-bond donors (Lipinski definition) is 2. The fraction of sp³-hybridized carbons (Fsp3) is 0.812. The van der Waals surface area contributed by atoms with Crippen molar-refractivity contribution < 1.29 is 9.22 Å². The Bertz CT molecular complexity index is 400. The summed E-state index contributed by atoms with van der Waals surface area (Å²) in [5.41, 5.74) is 6.32. The smallest absolute Gasteiger partial charge is 0.244 e. The van der Waals surface area contributed by atoms with E-state index in [2.05, 4.69) is 46.1 Å². The maximum Gasteiger partial charge on any atom is 0.244 e. The first-order valence-corrected chi connectivity index (χ1v) is 10.8. The Kier molecular flexibility index (Phi) is 6.19. The zero-order chi connectivity index (χ0) is 16.3. The van der Waals surface area contributed by atoms with Crippen molar-refractivity contribution in [1.29, 1.82) is 0 Å². The van der Waals surface area contributed by atoms with Gasteiger partial charge in [-0.25, -0.2) is 0 Å². The Morgan fingerprint density at radius 3 is 2.48 bits per heavy atom. The van der Waals surface area contributed by atoms with E-state index in [0.717, 1.165) is 25.0 Å². The highest BCUT2D eigenvalue weighted by atomic mass is 28.4. The third-order valence-electron chi connectivity index (χ3n) is 4.96. The number of carbonyl (C=O) groups is 1. The van der Waals surface area contributed by atoms with Gasteiger partial charge in [-0.1, -0.05) is 26.8 Å². The molecule has 122 valence electrons. The van der Waals surface area contributed by atoms with Gasteiger partial charge in [0.2, 0.25) is 5.91 Å². The van der Waals surface area contributed by atoms with Crippen LogP contribution in [0.3, 0.4) is 0 Å². The van der Waals surface area contributed by atoms with Gasteiger partial charge in [-0.05, 0) is 44.4 Å². The molecule has 0 aromatic heterocycles. The van der Waals surface area contributed by atoms with E-state index in [1.54, 1.807) is 0 Å². The first kappa shape index (κ1) is 18.4. The molecule has 0 aromatic rings. The lowest BCUT2D eigenvalue weighted by Gasteiger charge is -2.36. The van der Waals surface area contributed by atoms with E-state index in [1.165, 1.54) is 0 Å². The SMILES string of the molecule is CC1NCC[C@H]1/C(=C/CCO[Si](C)(C)C(C)(C)C)C(N)=O. The van der Waals surface area contributed by atoms with Gasteiger partial charge in [-0.2, -0.15) is 0 Å². The molecule has 0 aromatic carbocycles. The Hall–Kier alpha value is -0.653. The van der Waals surface area contributed by atoms with Gasteiger partial charge in [-0.3, -0.25) is 4.79 Å². The molecule has 4 nitrogen and oxygen atoms in total.